The Balaban J connectivity index is 2.55. The highest BCUT2D eigenvalue weighted by Crippen LogP contribution is 2.21. The number of ether oxygens (including phenoxy) is 1. The van der Waals surface area contributed by atoms with Crippen molar-refractivity contribution in [2.75, 3.05) is 0 Å². The van der Waals surface area contributed by atoms with Crippen LogP contribution in [-0.4, -0.2) is 17.9 Å². The normalized spacial score (nSPS) is 12.0. The number of Topliss-reactive ketones (excluding diaryl/α,β-unsaturated/α-hetero) is 1. The molecule has 1 aromatic carbocycles. The summed E-state index contributed by atoms with van der Waals surface area (Å²) in [5, 5.41) is 11.3. The minimum Gasteiger partial charge on any atom is -0.546 e. The van der Waals surface area contributed by atoms with Gasteiger partial charge in [0.2, 0.25) is 0 Å². The summed E-state index contributed by atoms with van der Waals surface area (Å²) < 4.78 is 19.7. The number of unbranched alkanes of at least 4 members (excludes halogenated alkanes) is 8. The van der Waals surface area contributed by atoms with Gasteiger partial charge < -0.3 is 14.6 Å². The number of carbonyl (C=O) groups excluding carboxylic acids is 2. The zero-order chi connectivity index (χ0) is 20.8. The highest BCUT2D eigenvalue weighted by atomic mass is 19.1. The lowest BCUT2D eigenvalue weighted by Crippen LogP contribution is -2.39. The summed E-state index contributed by atoms with van der Waals surface area (Å²) in [7, 11) is 0. The molecule has 0 radical (unpaired) electrons. The molecule has 0 aliphatic heterocycles. The Kier molecular flexibility index (Phi) is 12.2. The molecule has 1 unspecified atom stereocenters. The minimum atomic E-state index is -1.30. The fourth-order valence-corrected chi connectivity index (χ4v) is 3.14. The van der Waals surface area contributed by atoms with Crippen LogP contribution in [0.15, 0.2) is 18.2 Å². The van der Waals surface area contributed by atoms with Crippen LogP contribution in [0.5, 0.6) is 5.75 Å². The van der Waals surface area contributed by atoms with Gasteiger partial charge in [-0.15, -0.1) is 0 Å². The second kappa shape index (κ2) is 14.1. The molecule has 0 saturated carbocycles. The van der Waals surface area contributed by atoms with Gasteiger partial charge in [0.15, 0.2) is 5.78 Å². The van der Waals surface area contributed by atoms with Gasteiger partial charge in [-0.05, 0) is 31.4 Å². The van der Waals surface area contributed by atoms with Crippen LogP contribution in [0.2, 0.25) is 0 Å². The van der Waals surface area contributed by atoms with Gasteiger partial charge in [0.05, 0.1) is 11.5 Å². The second-order valence-electron chi connectivity index (χ2n) is 7.36. The molecular formula is C23H34FO4-. The summed E-state index contributed by atoms with van der Waals surface area (Å²) in [4.78, 5) is 23.5. The van der Waals surface area contributed by atoms with E-state index in [0.717, 1.165) is 63.9 Å². The molecule has 0 aliphatic rings. The highest BCUT2D eigenvalue weighted by Gasteiger charge is 2.16. The monoisotopic (exact) mass is 393 g/mol. The number of hydrogen-bond donors (Lipinski definition) is 0. The number of ketones is 1. The molecule has 0 aliphatic carbocycles. The number of carbonyl (C=O) groups is 2. The first-order valence-electron chi connectivity index (χ1n) is 10.7. The second-order valence-corrected chi connectivity index (χ2v) is 7.36. The van der Waals surface area contributed by atoms with Crippen molar-refractivity contribution in [3.8, 4) is 5.75 Å². The Morgan fingerprint density at radius 1 is 0.964 bits per heavy atom. The Hall–Kier alpha value is -1.91. The summed E-state index contributed by atoms with van der Waals surface area (Å²) in [6, 6.07) is 3.93. The summed E-state index contributed by atoms with van der Waals surface area (Å²) in [5.41, 5.74) is 0.0322. The molecule has 158 valence electrons. The maximum Gasteiger partial charge on any atom is 0.165 e. The lowest BCUT2D eigenvalue weighted by Gasteiger charge is -2.20. The van der Waals surface area contributed by atoms with E-state index in [9.17, 15) is 19.1 Å². The van der Waals surface area contributed by atoms with E-state index in [-0.39, 0.29) is 17.1 Å². The smallest absolute Gasteiger partial charge is 0.165 e. The molecule has 0 amide bonds. The Bertz CT molecular complexity index is 600. The maximum atomic E-state index is 14.3. The number of benzene rings is 1. The van der Waals surface area contributed by atoms with Crippen LogP contribution >= 0.6 is 0 Å². The van der Waals surface area contributed by atoms with Crippen LogP contribution in [0.1, 0.15) is 101 Å². The van der Waals surface area contributed by atoms with Crippen molar-refractivity contribution in [2.24, 2.45) is 0 Å². The molecule has 1 aromatic rings. The van der Waals surface area contributed by atoms with Gasteiger partial charge in [-0.25, -0.2) is 4.39 Å². The number of aliphatic carboxylic acids is 1. The molecule has 0 bridgehead atoms. The van der Waals surface area contributed by atoms with Crippen molar-refractivity contribution in [2.45, 2.75) is 97.0 Å². The third kappa shape index (κ3) is 9.34. The van der Waals surface area contributed by atoms with Crippen LogP contribution in [0.4, 0.5) is 4.39 Å². The number of carboxylic acids is 1. The van der Waals surface area contributed by atoms with Crippen molar-refractivity contribution in [3.05, 3.63) is 29.6 Å². The zero-order valence-electron chi connectivity index (χ0n) is 17.3. The van der Waals surface area contributed by atoms with E-state index in [0.29, 0.717) is 12.8 Å². The van der Waals surface area contributed by atoms with Gasteiger partial charge in [-0.1, -0.05) is 65.2 Å². The van der Waals surface area contributed by atoms with Gasteiger partial charge in [0, 0.05) is 12.5 Å². The topological polar surface area (TPSA) is 66.4 Å². The standard InChI is InChI=1S/C23H35FO4/c1-3-5-7-9-10-12-14-22(23(26)27)28-18-15-16-19(20(24)17-18)21(25)13-11-8-6-4-2/h15-17,22H,3-14H2,1-2H3,(H,26,27)/p-1. The third-order valence-corrected chi connectivity index (χ3v) is 4.86. The van der Waals surface area contributed by atoms with Crippen LogP contribution in [0.3, 0.4) is 0 Å². The molecule has 5 heteroatoms. The van der Waals surface area contributed by atoms with Gasteiger partial charge in [-0.2, -0.15) is 0 Å². The molecule has 4 nitrogen and oxygen atoms in total. The van der Waals surface area contributed by atoms with E-state index in [2.05, 4.69) is 13.8 Å². The zero-order valence-corrected chi connectivity index (χ0v) is 17.3. The van der Waals surface area contributed by atoms with Crippen molar-refractivity contribution < 1.29 is 23.8 Å². The first-order chi connectivity index (χ1) is 13.5. The fraction of sp³-hybridized carbons (Fsp3) is 0.652. The van der Waals surface area contributed by atoms with E-state index < -0.39 is 17.9 Å². The number of hydrogen-bond acceptors (Lipinski definition) is 4. The van der Waals surface area contributed by atoms with Crippen molar-refractivity contribution >= 4 is 11.8 Å². The predicted octanol–water partition coefficient (Wildman–Crippen LogP) is 5.23. The quantitative estimate of drug-likeness (QED) is 0.285. The third-order valence-electron chi connectivity index (χ3n) is 4.86. The molecule has 0 aromatic heterocycles. The molecule has 0 spiro atoms. The molecule has 0 heterocycles. The Labute approximate surface area is 168 Å². The molecular weight excluding hydrogens is 359 g/mol. The molecule has 1 atom stereocenters. The van der Waals surface area contributed by atoms with Crippen molar-refractivity contribution in [1.82, 2.24) is 0 Å². The lowest BCUT2D eigenvalue weighted by molar-refractivity contribution is -0.313. The van der Waals surface area contributed by atoms with Crippen LogP contribution in [0, 0.1) is 5.82 Å². The average molecular weight is 394 g/mol. The van der Waals surface area contributed by atoms with Gasteiger partial charge in [0.25, 0.3) is 0 Å². The fourth-order valence-electron chi connectivity index (χ4n) is 3.14. The highest BCUT2D eigenvalue weighted by molar-refractivity contribution is 5.96. The number of halogens is 1. The lowest BCUT2D eigenvalue weighted by atomic mass is 10.0. The first kappa shape index (κ1) is 24.1. The van der Waals surface area contributed by atoms with Crippen molar-refractivity contribution in [3.63, 3.8) is 0 Å². The van der Waals surface area contributed by atoms with Gasteiger partial charge in [0.1, 0.15) is 17.7 Å². The summed E-state index contributed by atoms with van der Waals surface area (Å²) in [6.45, 7) is 4.23. The molecule has 0 saturated heterocycles. The number of rotatable bonds is 16. The predicted molar refractivity (Wildman–Crippen MR) is 107 cm³/mol. The van der Waals surface area contributed by atoms with Crippen molar-refractivity contribution in [1.29, 1.82) is 0 Å². The molecule has 28 heavy (non-hydrogen) atoms. The maximum absolute atomic E-state index is 14.3. The van der Waals surface area contributed by atoms with Gasteiger partial charge >= 0.3 is 0 Å². The first-order valence-corrected chi connectivity index (χ1v) is 10.7. The Morgan fingerprint density at radius 3 is 2.18 bits per heavy atom. The van der Waals surface area contributed by atoms with Crippen LogP contribution in [0.25, 0.3) is 0 Å². The summed E-state index contributed by atoms with van der Waals surface area (Å²) in [5.74, 6) is -2.09. The minimum absolute atomic E-state index is 0.0322. The largest absolute Gasteiger partial charge is 0.546 e. The SMILES string of the molecule is CCCCCCCCC(Oc1ccc(C(=O)CCCCCC)c(F)c1)C(=O)[O-]. The molecule has 0 N–H and O–H groups in total. The van der Waals surface area contributed by atoms with E-state index in [1.807, 2.05) is 0 Å². The van der Waals surface area contributed by atoms with Gasteiger partial charge in [-0.3, -0.25) is 4.79 Å². The average Bonchev–Trinajstić information content (AvgIpc) is 2.66. The van der Waals surface area contributed by atoms with Crippen LogP contribution < -0.4 is 9.84 Å². The Morgan fingerprint density at radius 2 is 1.57 bits per heavy atom. The molecule has 0 fully saturated rings. The number of carboxylic acid groups (broad SMARTS) is 1. The van der Waals surface area contributed by atoms with E-state index in [4.69, 9.17) is 4.74 Å². The van der Waals surface area contributed by atoms with E-state index in [1.165, 1.54) is 18.6 Å². The van der Waals surface area contributed by atoms with E-state index >= 15 is 0 Å². The summed E-state index contributed by atoms with van der Waals surface area (Å²) in [6.07, 6.45) is 9.59. The van der Waals surface area contributed by atoms with E-state index in [1.54, 1.807) is 0 Å². The molecule has 1 rings (SSSR count). The summed E-state index contributed by atoms with van der Waals surface area (Å²) >= 11 is 0. The van der Waals surface area contributed by atoms with Crippen LogP contribution in [-0.2, 0) is 4.79 Å².